The first-order chi connectivity index (χ1) is 13.2. The molecule has 2 rings (SSSR count). The van der Waals surface area contributed by atoms with Crippen molar-refractivity contribution in [3.8, 4) is 0 Å². The third-order valence-corrected chi connectivity index (χ3v) is 4.46. The fourth-order valence-corrected chi connectivity index (χ4v) is 3.03. The topological polar surface area (TPSA) is 79.9 Å². The van der Waals surface area contributed by atoms with Crippen molar-refractivity contribution in [3.63, 3.8) is 0 Å². The zero-order chi connectivity index (χ0) is 20.6. The molecule has 1 heterocycles. The fourth-order valence-electron chi connectivity index (χ4n) is 3.03. The van der Waals surface area contributed by atoms with Gasteiger partial charge in [0.25, 0.3) is 0 Å². The number of aryl methyl sites for hydroxylation is 1. The van der Waals surface area contributed by atoms with Gasteiger partial charge in [-0.05, 0) is 33.3 Å². The molecule has 0 aliphatic carbocycles. The Balaban J connectivity index is 1.84. The summed E-state index contributed by atoms with van der Waals surface area (Å²) >= 11 is 0. The van der Waals surface area contributed by atoms with Gasteiger partial charge < -0.3 is 20.1 Å². The Morgan fingerprint density at radius 2 is 1.79 bits per heavy atom. The van der Waals surface area contributed by atoms with Gasteiger partial charge in [-0.25, -0.2) is 4.79 Å². The Hall–Kier alpha value is -2.12. The van der Waals surface area contributed by atoms with Crippen molar-refractivity contribution in [3.05, 3.63) is 35.4 Å². The Kier molecular flexibility index (Phi) is 8.26. The number of nitrogens with zero attached hydrogens (tertiary/aromatic N) is 1. The van der Waals surface area contributed by atoms with Crippen LogP contribution < -0.4 is 10.6 Å². The molecule has 0 aromatic heterocycles. The molecule has 1 aromatic carbocycles. The lowest BCUT2D eigenvalue weighted by atomic mass is 10.0. The highest BCUT2D eigenvalue weighted by molar-refractivity contribution is 5.77. The summed E-state index contributed by atoms with van der Waals surface area (Å²) < 4.78 is 10.6. The molecule has 1 aliphatic heterocycles. The summed E-state index contributed by atoms with van der Waals surface area (Å²) in [6, 6.07) is 8.52. The van der Waals surface area contributed by atoms with Crippen LogP contribution in [0.25, 0.3) is 0 Å². The summed E-state index contributed by atoms with van der Waals surface area (Å²) in [7, 11) is 0. The predicted octanol–water partition coefficient (Wildman–Crippen LogP) is 2.40. The summed E-state index contributed by atoms with van der Waals surface area (Å²) in [5, 5.41) is 5.61. The molecule has 2 N–H and O–H groups in total. The minimum atomic E-state index is -0.550. The van der Waals surface area contributed by atoms with Crippen LogP contribution in [0, 0.1) is 6.92 Å². The SMILES string of the molecule is Cc1ccc([C@H](CNC(=O)CCNC(=O)OC(C)(C)C)N2CCOCC2)cc1. The second-order valence-electron chi connectivity index (χ2n) is 8.06. The molecule has 0 bridgehead atoms. The number of hydrogen-bond donors (Lipinski definition) is 2. The van der Waals surface area contributed by atoms with Crippen LogP contribution in [0.5, 0.6) is 0 Å². The Morgan fingerprint density at radius 3 is 2.39 bits per heavy atom. The molecule has 7 nitrogen and oxygen atoms in total. The second kappa shape index (κ2) is 10.4. The van der Waals surface area contributed by atoms with E-state index in [4.69, 9.17) is 9.47 Å². The van der Waals surface area contributed by atoms with Crippen LogP contribution in [0.15, 0.2) is 24.3 Å². The summed E-state index contributed by atoms with van der Waals surface area (Å²) in [6.45, 7) is 11.3. The number of carbonyl (C=O) groups excluding carboxylic acids is 2. The van der Waals surface area contributed by atoms with Crippen molar-refractivity contribution in [2.24, 2.45) is 0 Å². The smallest absolute Gasteiger partial charge is 0.407 e. The first kappa shape index (κ1) is 22.2. The fraction of sp³-hybridized carbons (Fsp3) is 0.619. The molecule has 1 aromatic rings. The highest BCUT2D eigenvalue weighted by Crippen LogP contribution is 2.21. The average molecular weight is 392 g/mol. The van der Waals surface area contributed by atoms with Gasteiger partial charge in [-0.15, -0.1) is 0 Å². The van der Waals surface area contributed by atoms with Gasteiger partial charge in [0, 0.05) is 32.6 Å². The van der Waals surface area contributed by atoms with Gasteiger partial charge in [0.05, 0.1) is 19.3 Å². The molecule has 1 atom stereocenters. The number of alkyl carbamates (subject to hydrolysis) is 1. The molecule has 1 aliphatic rings. The Morgan fingerprint density at radius 1 is 1.14 bits per heavy atom. The molecule has 7 heteroatoms. The maximum Gasteiger partial charge on any atom is 0.407 e. The number of hydrogen-bond acceptors (Lipinski definition) is 5. The van der Waals surface area contributed by atoms with Gasteiger partial charge in [-0.1, -0.05) is 29.8 Å². The monoisotopic (exact) mass is 391 g/mol. The van der Waals surface area contributed by atoms with Crippen LogP contribution in [0.2, 0.25) is 0 Å². The normalized spacial score (nSPS) is 16.3. The molecule has 2 amide bonds. The maximum atomic E-state index is 12.2. The standard InChI is InChI=1S/C21H33N3O4/c1-16-5-7-17(8-6-16)18(24-11-13-27-14-12-24)15-23-19(25)9-10-22-20(26)28-21(2,3)4/h5-8,18H,9-15H2,1-4H3,(H,22,26)(H,23,25)/t18-/m0/s1. The lowest BCUT2D eigenvalue weighted by Gasteiger charge is -2.35. The van der Waals surface area contributed by atoms with E-state index in [0.29, 0.717) is 19.8 Å². The van der Waals surface area contributed by atoms with Gasteiger partial charge in [0.1, 0.15) is 5.60 Å². The van der Waals surface area contributed by atoms with E-state index in [1.165, 1.54) is 11.1 Å². The van der Waals surface area contributed by atoms with Crippen LogP contribution in [0.1, 0.15) is 44.4 Å². The minimum absolute atomic E-state index is 0.0959. The van der Waals surface area contributed by atoms with E-state index >= 15 is 0 Å². The Bertz CT molecular complexity index is 634. The number of carbonyl (C=O) groups is 2. The molecule has 28 heavy (non-hydrogen) atoms. The summed E-state index contributed by atoms with van der Waals surface area (Å²) in [6.07, 6.45) is -0.297. The van der Waals surface area contributed by atoms with Crippen molar-refractivity contribution in [2.45, 2.75) is 45.8 Å². The minimum Gasteiger partial charge on any atom is -0.444 e. The first-order valence-corrected chi connectivity index (χ1v) is 9.86. The van der Waals surface area contributed by atoms with Crippen LogP contribution in [0.3, 0.4) is 0 Å². The number of amides is 2. The van der Waals surface area contributed by atoms with E-state index in [2.05, 4.69) is 46.7 Å². The molecule has 156 valence electrons. The summed E-state index contributed by atoms with van der Waals surface area (Å²) in [5.74, 6) is -0.0959. The highest BCUT2D eigenvalue weighted by Gasteiger charge is 2.23. The second-order valence-corrected chi connectivity index (χ2v) is 8.06. The number of nitrogens with one attached hydrogen (secondary N) is 2. The lowest BCUT2D eigenvalue weighted by Crippen LogP contribution is -2.44. The molecule has 0 saturated carbocycles. The van der Waals surface area contributed by atoms with Crippen molar-refractivity contribution in [1.82, 2.24) is 15.5 Å². The molecule has 1 fully saturated rings. The third kappa shape index (κ3) is 7.86. The molecule has 0 radical (unpaired) electrons. The number of rotatable bonds is 7. The quantitative estimate of drug-likeness (QED) is 0.746. The highest BCUT2D eigenvalue weighted by atomic mass is 16.6. The van der Waals surface area contributed by atoms with Crippen molar-refractivity contribution in [1.29, 1.82) is 0 Å². The number of morpholine rings is 1. The van der Waals surface area contributed by atoms with Crippen molar-refractivity contribution < 1.29 is 19.1 Å². The largest absolute Gasteiger partial charge is 0.444 e. The molecule has 1 saturated heterocycles. The van der Waals surface area contributed by atoms with E-state index in [1.54, 1.807) is 20.8 Å². The third-order valence-electron chi connectivity index (χ3n) is 4.46. The van der Waals surface area contributed by atoms with Crippen LogP contribution in [-0.4, -0.2) is 61.9 Å². The Labute approximate surface area is 167 Å². The van der Waals surface area contributed by atoms with E-state index in [1.807, 2.05) is 0 Å². The van der Waals surface area contributed by atoms with Gasteiger partial charge in [-0.2, -0.15) is 0 Å². The van der Waals surface area contributed by atoms with Gasteiger partial charge >= 0.3 is 6.09 Å². The molecule has 0 unspecified atom stereocenters. The number of ether oxygens (including phenoxy) is 2. The van der Waals surface area contributed by atoms with Crippen LogP contribution >= 0.6 is 0 Å². The van der Waals surface area contributed by atoms with Gasteiger partial charge in [-0.3, -0.25) is 9.69 Å². The lowest BCUT2D eigenvalue weighted by molar-refractivity contribution is -0.121. The zero-order valence-corrected chi connectivity index (χ0v) is 17.4. The van der Waals surface area contributed by atoms with Crippen molar-refractivity contribution >= 4 is 12.0 Å². The molecular formula is C21H33N3O4. The van der Waals surface area contributed by atoms with E-state index in [0.717, 1.165) is 13.1 Å². The molecule has 0 spiro atoms. The number of benzene rings is 1. The van der Waals surface area contributed by atoms with E-state index in [-0.39, 0.29) is 24.9 Å². The van der Waals surface area contributed by atoms with E-state index < -0.39 is 11.7 Å². The van der Waals surface area contributed by atoms with Gasteiger partial charge in [0.15, 0.2) is 0 Å². The summed E-state index contributed by atoms with van der Waals surface area (Å²) in [4.78, 5) is 26.2. The zero-order valence-electron chi connectivity index (χ0n) is 17.4. The van der Waals surface area contributed by atoms with Crippen molar-refractivity contribution in [2.75, 3.05) is 39.4 Å². The maximum absolute atomic E-state index is 12.2. The summed E-state index contributed by atoms with van der Waals surface area (Å²) in [5.41, 5.74) is 1.84. The van der Waals surface area contributed by atoms with Crippen LogP contribution in [0.4, 0.5) is 4.79 Å². The van der Waals surface area contributed by atoms with Gasteiger partial charge in [0.2, 0.25) is 5.91 Å². The first-order valence-electron chi connectivity index (χ1n) is 9.86. The van der Waals surface area contributed by atoms with Crippen LogP contribution in [-0.2, 0) is 14.3 Å². The molecular weight excluding hydrogens is 358 g/mol. The average Bonchev–Trinajstić information content (AvgIpc) is 2.63. The predicted molar refractivity (Wildman–Crippen MR) is 108 cm³/mol. The van der Waals surface area contributed by atoms with E-state index in [9.17, 15) is 9.59 Å².